The molecule has 1 fully saturated rings. The van der Waals surface area contributed by atoms with Gasteiger partial charge in [0.1, 0.15) is 18.2 Å². The fourth-order valence-corrected chi connectivity index (χ4v) is 4.18. The molecule has 1 N–H and O–H groups in total. The van der Waals surface area contributed by atoms with Crippen LogP contribution in [-0.4, -0.2) is 45.3 Å². The van der Waals surface area contributed by atoms with Gasteiger partial charge in [0, 0.05) is 37.8 Å². The van der Waals surface area contributed by atoms with Gasteiger partial charge in [-0.05, 0) is 29.3 Å². The minimum atomic E-state index is -0.602. The van der Waals surface area contributed by atoms with Gasteiger partial charge in [-0.25, -0.2) is 8.78 Å². The van der Waals surface area contributed by atoms with E-state index < -0.39 is 17.7 Å². The highest BCUT2D eigenvalue weighted by atomic mass is 19.1. The Labute approximate surface area is 192 Å². The maximum atomic E-state index is 14.9. The highest BCUT2D eigenvalue weighted by Gasteiger charge is 2.29. The fraction of sp³-hybridized carbons (Fsp3) is 0.308. The van der Waals surface area contributed by atoms with E-state index in [-0.39, 0.29) is 0 Å². The van der Waals surface area contributed by atoms with Crippen LogP contribution in [0.1, 0.15) is 22.7 Å². The molecule has 3 aromatic carbocycles. The molecule has 1 aliphatic heterocycles. The molecule has 174 valence electrons. The van der Waals surface area contributed by atoms with Gasteiger partial charge in [-0.3, -0.25) is 4.90 Å². The number of hydrogen-bond donors (Lipinski definition) is 1. The molecule has 0 aliphatic carbocycles. The van der Waals surface area contributed by atoms with Crippen LogP contribution < -0.4 is 19.5 Å². The van der Waals surface area contributed by atoms with Crippen LogP contribution in [0.2, 0.25) is 0 Å². The molecule has 0 bridgehead atoms. The summed E-state index contributed by atoms with van der Waals surface area (Å²) in [5, 5.41) is 3.32. The van der Waals surface area contributed by atoms with Gasteiger partial charge in [-0.1, -0.05) is 36.4 Å². The normalized spacial score (nSPS) is 15.2. The smallest absolute Gasteiger partial charge is 0.203 e. The monoisotopic (exact) mass is 454 g/mol. The van der Waals surface area contributed by atoms with E-state index >= 15 is 0 Å². The Kier molecular flexibility index (Phi) is 7.42. The van der Waals surface area contributed by atoms with Crippen molar-refractivity contribution >= 4 is 0 Å². The van der Waals surface area contributed by atoms with Gasteiger partial charge in [0.05, 0.1) is 20.3 Å². The van der Waals surface area contributed by atoms with Crippen LogP contribution in [0, 0.1) is 11.6 Å². The average molecular weight is 455 g/mol. The lowest BCUT2D eigenvalue weighted by Gasteiger charge is -2.36. The van der Waals surface area contributed by atoms with Crippen LogP contribution in [0.5, 0.6) is 17.2 Å². The minimum Gasteiger partial charge on any atom is -0.493 e. The van der Waals surface area contributed by atoms with Crippen molar-refractivity contribution in [3.05, 3.63) is 89.0 Å². The van der Waals surface area contributed by atoms with Crippen molar-refractivity contribution in [2.45, 2.75) is 12.6 Å². The van der Waals surface area contributed by atoms with E-state index in [0.29, 0.717) is 29.4 Å². The molecular weight excluding hydrogens is 426 g/mol. The second kappa shape index (κ2) is 10.6. The van der Waals surface area contributed by atoms with Crippen LogP contribution in [-0.2, 0) is 6.61 Å². The number of methoxy groups -OCH3 is 2. The van der Waals surface area contributed by atoms with Gasteiger partial charge in [-0.15, -0.1) is 0 Å². The molecule has 5 nitrogen and oxygen atoms in total. The number of nitrogens with zero attached hydrogens (tertiary/aromatic N) is 1. The van der Waals surface area contributed by atoms with E-state index in [9.17, 15) is 8.78 Å². The Morgan fingerprint density at radius 3 is 2.18 bits per heavy atom. The highest BCUT2D eigenvalue weighted by Crippen LogP contribution is 2.43. The Balaban J connectivity index is 1.74. The highest BCUT2D eigenvalue weighted by molar-refractivity contribution is 5.55. The Hall–Kier alpha value is -3.16. The van der Waals surface area contributed by atoms with Crippen LogP contribution >= 0.6 is 0 Å². The van der Waals surface area contributed by atoms with Crippen molar-refractivity contribution in [3.63, 3.8) is 0 Å². The predicted octanol–water partition coefficient (Wildman–Crippen LogP) is 4.56. The number of nitrogens with one attached hydrogen (secondary N) is 1. The standard InChI is InChI=1S/C26H28F2N2O3/c1-31-23-14-19(15-24(32-2)26(23)33-17-18-6-4-3-5-7-18)25(30-12-10-29-11-13-30)21-9-8-20(27)16-22(21)28/h3-9,14-16,25,29H,10-13,17H2,1-2H3. The minimum absolute atomic E-state index is 0.348. The zero-order valence-electron chi connectivity index (χ0n) is 18.8. The van der Waals surface area contributed by atoms with Gasteiger partial charge in [0.25, 0.3) is 0 Å². The lowest BCUT2D eigenvalue weighted by Crippen LogP contribution is -2.45. The van der Waals surface area contributed by atoms with Crippen molar-refractivity contribution in [1.29, 1.82) is 0 Å². The van der Waals surface area contributed by atoms with E-state index in [2.05, 4.69) is 10.2 Å². The zero-order valence-corrected chi connectivity index (χ0v) is 18.8. The van der Waals surface area contributed by atoms with Crippen molar-refractivity contribution < 1.29 is 23.0 Å². The number of ether oxygens (including phenoxy) is 3. The molecule has 4 rings (SSSR count). The lowest BCUT2D eigenvalue weighted by atomic mass is 9.95. The molecule has 0 radical (unpaired) electrons. The molecule has 3 aromatic rings. The van der Waals surface area contributed by atoms with E-state index in [1.165, 1.54) is 12.1 Å². The molecule has 1 unspecified atom stereocenters. The van der Waals surface area contributed by atoms with Crippen molar-refractivity contribution in [1.82, 2.24) is 10.2 Å². The maximum absolute atomic E-state index is 14.9. The molecule has 0 aromatic heterocycles. The first-order chi connectivity index (χ1) is 16.1. The SMILES string of the molecule is COc1cc(C(c2ccc(F)cc2F)N2CCNCC2)cc(OC)c1OCc1ccccc1. The molecule has 0 spiro atoms. The molecule has 1 atom stereocenters. The summed E-state index contributed by atoms with van der Waals surface area (Å²) in [5.74, 6) is 0.271. The zero-order chi connectivity index (χ0) is 23.2. The molecular formula is C26H28F2N2O3. The Morgan fingerprint density at radius 1 is 0.909 bits per heavy atom. The fourth-order valence-electron chi connectivity index (χ4n) is 4.18. The van der Waals surface area contributed by atoms with E-state index in [1.54, 1.807) is 14.2 Å². The quantitative estimate of drug-likeness (QED) is 0.541. The summed E-state index contributed by atoms with van der Waals surface area (Å²) in [6, 6.07) is 16.8. The van der Waals surface area contributed by atoms with Crippen molar-refractivity contribution in [2.75, 3.05) is 40.4 Å². The second-order valence-corrected chi connectivity index (χ2v) is 7.88. The molecule has 0 saturated carbocycles. The molecule has 7 heteroatoms. The number of piperazine rings is 1. The third-order valence-electron chi connectivity index (χ3n) is 5.80. The average Bonchev–Trinajstić information content (AvgIpc) is 2.85. The number of halogens is 2. The van der Waals surface area contributed by atoms with Crippen molar-refractivity contribution in [2.24, 2.45) is 0 Å². The van der Waals surface area contributed by atoms with Gasteiger partial charge in [-0.2, -0.15) is 0 Å². The lowest BCUT2D eigenvalue weighted by molar-refractivity contribution is 0.194. The topological polar surface area (TPSA) is 43.0 Å². The van der Waals surface area contributed by atoms with E-state index in [1.807, 2.05) is 42.5 Å². The van der Waals surface area contributed by atoms with Gasteiger partial charge in [0.2, 0.25) is 5.75 Å². The van der Waals surface area contributed by atoms with Crippen molar-refractivity contribution in [3.8, 4) is 17.2 Å². The molecule has 1 saturated heterocycles. The number of hydrogen-bond acceptors (Lipinski definition) is 5. The first-order valence-corrected chi connectivity index (χ1v) is 10.9. The number of rotatable bonds is 8. The maximum Gasteiger partial charge on any atom is 0.203 e. The molecule has 0 amide bonds. The van der Waals surface area contributed by atoms with Crippen LogP contribution in [0.3, 0.4) is 0 Å². The van der Waals surface area contributed by atoms with Crippen LogP contribution in [0.15, 0.2) is 60.7 Å². The van der Waals surface area contributed by atoms with Crippen LogP contribution in [0.25, 0.3) is 0 Å². The first kappa shape index (κ1) is 23.0. The van der Waals surface area contributed by atoms with E-state index in [0.717, 1.165) is 43.4 Å². The Morgan fingerprint density at radius 2 is 1.58 bits per heavy atom. The third-order valence-corrected chi connectivity index (χ3v) is 5.80. The first-order valence-electron chi connectivity index (χ1n) is 10.9. The number of benzene rings is 3. The summed E-state index contributed by atoms with van der Waals surface area (Å²) in [7, 11) is 3.12. The molecule has 1 aliphatic rings. The predicted molar refractivity (Wildman–Crippen MR) is 123 cm³/mol. The largest absolute Gasteiger partial charge is 0.493 e. The summed E-state index contributed by atoms with van der Waals surface area (Å²) in [6.45, 7) is 3.36. The summed E-state index contributed by atoms with van der Waals surface area (Å²) < 4.78 is 45.9. The summed E-state index contributed by atoms with van der Waals surface area (Å²) in [6.07, 6.45) is 0. The van der Waals surface area contributed by atoms with Crippen LogP contribution in [0.4, 0.5) is 8.78 Å². The second-order valence-electron chi connectivity index (χ2n) is 7.88. The molecule has 33 heavy (non-hydrogen) atoms. The molecule has 1 heterocycles. The Bertz CT molecular complexity index is 1050. The summed E-state index contributed by atoms with van der Waals surface area (Å²) in [4.78, 5) is 2.17. The van der Waals surface area contributed by atoms with E-state index in [4.69, 9.17) is 14.2 Å². The van der Waals surface area contributed by atoms with Gasteiger partial charge >= 0.3 is 0 Å². The van der Waals surface area contributed by atoms with Gasteiger partial charge in [0.15, 0.2) is 11.5 Å². The van der Waals surface area contributed by atoms with Gasteiger partial charge < -0.3 is 19.5 Å². The third kappa shape index (κ3) is 5.26. The summed E-state index contributed by atoms with van der Waals surface area (Å²) in [5.41, 5.74) is 2.20. The summed E-state index contributed by atoms with van der Waals surface area (Å²) >= 11 is 0.